The Hall–Kier alpha value is -0.0100. The zero-order chi connectivity index (χ0) is 8.85. The molecular formula is C9H12BrCl. The van der Waals surface area contributed by atoms with Crippen LogP contribution in [0.3, 0.4) is 0 Å². The summed E-state index contributed by atoms with van der Waals surface area (Å²) in [4.78, 5) is 0. The Morgan fingerprint density at radius 3 is 2.18 bits per heavy atom. The fraction of sp³-hybridized carbons (Fsp3) is 0.333. The van der Waals surface area contributed by atoms with E-state index in [0.29, 0.717) is 0 Å². The van der Waals surface area contributed by atoms with Crippen molar-refractivity contribution >= 4 is 27.5 Å². The van der Waals surface area contributed by atoms with Gasteiger partial charge in [0.25, 0.3) is 0 Å². The quantitative estimate of drug-likeness (QED) is 0.624. The summed E-state index contributed by atoms with van der Waals surface area (Å²) in [6.07, 6.45) is 0. The molecule has 0 aliphatic heterocycles. The minimum atomic E-state index is 0.788. The summed E-state index contributed by atoms with van der Waals surface area (Å²) in [6, 6.07) is 5.72. The topological polar surface area (TPSA) is 0 Å². The maximum atomic E-state index is 5.70. The van der Waals surface area contributed by atoms with E-state index in [1.54, 1.807) is 0 Å². The highest BCUT2D eigenvalue weighted by Crippen LogP contribution is 2.19. The lowest BCUT2D eigenvalue weighted by molar-refractivity contribution is 1.43. The molecule has 0 atom stereocenters. The second kappa shape index (κ2) is 5.62. The highest BCUT2D eigenvalue weighted by atomic mass is 79.9. The van der Waals surface area contributed by atoms with Gasteiger partial charge in [0.15, 0.2) is 0 Å². The number of halogens is 2. The molecule has 0 aliphatic carbocycles. The Morgan fingerprint density at radius 2 is 1.82 bits per heavy atom. The third-order valence-corrected chi connectivity index (χ3v) is 2.24. The van der Waals surface area contributed by atoms with E-state index in [-0.39, 0.29) is 0 Å². The second-order valence-electron chi connectivity index (χ2n) is 1.89. The number of aryl methyl sites for hydroxylation is 1. The standard InChI is InChI=1S/C7H6BrCl.C2H6/c1-5-4-6(9)2-3-7(5)8;1-2/h2-4H,1H3;1-2H3. The van der Waals surface area contributed by atoms with E-state index in [1.165, 1.54) is 5.56 Å². The third kappa shape index (κ3) is 3.78. The molecule has 0 heterocycles. The molecule has 11 heavy (non-hydrogen) atoms. The maximum absolute atomic E-state index is 5.70. The lowest BCUT2D eigenvalue weighted by Crippen LogP contribution is -1.72. The van der Waals surface area contributed by atoms with Crippen molar-refractivity contribution in [1.29, 1.82) is 0 Å². The van der Waals surface area contributed by atoms with Crippen molar-refractivity contribution in [3.63, 3.8) is 0 Å². The number of hydrogen-bond acceptors (Lipinski definition) is 0. The Labute approximate surface area is 81.7 Å². The number of rotatable bonds is 0. The van der Waals surface area contributed by atoms with E-state index in [4.69, 9.17) is 11.6 Å². The molecular weight excluding hydrogens is 223 g/mol. The molecule has 0 bridgehead atoms. The van der Waals surface area contributed by atoms with Gasteiger partial charge in [0.2, 0.25) is 0 Å². The molecule has 0 saturated carbocycles. The molecule has 0 radical (unpaired) electrons. The van der Waals surface area contributed by atoms with E-state index < -0.39 is 0 Å². The van der Waals surface area contributed by atoms with Crippen LogP contribution in [-0.4, -0.2) is 0 Å². The molecule has 62 valence electrons. The van der Waals surface area contributed by atoms with Crippen LogP contribution in [0.15, 0.2) is 22.7 Å². The van der Waals surface area contributed by atoms with Crippen LogP contribution >= 0.6 is 27.5 Å². The second-order valence-corrected chi connectivity index (χ2v) is 3.18. The van der Waals surface area contributed by atoms with Crippen LogP contribution in [-0.2, 0) is 0 Å². The van der Waals surface area contributed by atoms with E-state index >= 15 is 0 Å². The molecule has 0 aliphatic rings. The fourth-order valence-corrected chi connectivity index (χ4v) is 1.08. The van der Waals surface area contributed by atoms with Crippen molar-refractivity contribution in [2.45, 2.75) is 20.8 Å². The van der Waals surface area contributed by atoms with Crippen molar-refractivity contribution in [3.05, 3.63) is 33.3 Å². The Balaban J connectivity index is 0.000000461. The van der Waals surface area contributed by atoms with Gasteiger partial charge in [-0.2, -0.15) is 0 Å². The molecule has 0 saturated heterocycles. The van der Waals surface area contributed by atoms with Gasteiger partial charge in [-0.1, -0.05) is 41.4 Å². The van der Waals surface area contributed by atoms with E-state index in [1.807, 2.05) is 39.0 Å². The van der Waals surface area contributed by atoms with Gasteiger partial charge in [-0.25, -0.2) is 0 Å². The summed E-state index contributed by atoms with van der Waals surface area (Å²) in [5.41, 5.74) is 1.17. The summed E-state index contributed by atoms with van der Waals surface area (Å²) in [6.45, 7) is 6.01. The van der Waals surface area contributed by atoms with Crippen LogP contribution in [0.2, 0.25) is 5.02 Å². The van der Waals surface area contributed by atoms with Gasteiger partial charge in [0, 0.05) is 9.50 Å². The average Bonchev–Trinajstić information content (AvgIpc) is 2.02. The number of hydrogen-bond donors (Lipinski definition) is 0. The van der Waals surface area contributed by atoms with Gasteiger partial charge < -0.3 is 0 Å². The van der Waals surface area contributed by atoms with E-state index in [2.05, 4.69) is 15.9 Å². The van der Waals surface area contributed by atoms with Crippen LogP contribution < -0.4 is 0 Å². The zero-order valence-corrected chi connectivity index (χ0v) is 9.33. The predicted molar refractivity (Wildman–Crippen MR) is 55.2 cm³/mol. The van der Waals surface area contributed by atoms with E-state index in [9.17, 15) is 0 Å². The first-order valence-corrected chi connectivity index (χ1v) is 4.79. The van der Waals surface area contributed by atoms with Crippen molar-refractivity contribution < 1.29 is 0 Å². The summed E-state index contributed by atoms with van der Waals surface area (Å²) >= 11 is 9.07. The first-order chi connectivity index (χ1) is 5.20. The highest BCUT2D eigenvalue weighted by Gasteiger charge is 1.92. The molecule has 0 fully saturated rings. The molecule has 0 spiro atoms. The summed E-state index contributed by atoms with van der Waals surface area (Å²) in [5, 5.41) is 0.788. The first kappa shape index (κ1) is 11.0. The molecule has 1 rings (SSSR count). The molecule has 1 aromatic carbocycles. The fourth-order valence-electron chi connectivity index (χ4n) is 0.608. The van der Waals surface area contributed by atoms with Gasteiger partial charge in [-0.15, -0.1) is 0 Å². The Bertz CT molecular complexity index is 221. The molecule has 0 aromatic heterocycles. The van der Waals surface area contributed by atoms with Crippen LogP contribution in [0.4, 0.5) is 0 Å². The molecule has 1 aromatic rings. The van der Waals surface area contributed by atoms with Crippen molar-refractivity contribution in [1.82, 2.24) is 0 Å². The molecule has 0 unspecified atom stereocenters. The third-order valence-electron chi connectivity index (χ3n) is 1.12. The van der Waals surface area contributed by atoms with Gasteiger partial charge in [-0.3, -0.25) is 0 Å². The summed E-state index contributed by atoms with van der Waals surface area (Å²) < 4.78 is 1.10. The Kier molecular flexibility index (Phi) is 5.61. The lowest BCUT2D eigenvalue weighted by atomic mass is 10.2. The van der Waals surface area contributed by atoms with Gasteiger partial charge >= 0.3 is 0 Å². The van der Waals surface area contributed by atoms with Crippen molar-refractivity contribution in [3.8, 4) is 0 Å². The lowest BCUT2D eigenvalue weighted by Gasteiger charge is -1.95. The van der Waals surface area contributed by atoms with Crippen molar-refractivity contribution in [2.75, 3.05) is 0 Å². The minimum Gasteiger partial charge on any atom is -0.0843 e. The first-order valence-electron chi connectivity index (χ1n) is 3.62. The number of benzene rings is 1. The predicted octanol–water partition coefficient (Wildman–Crippen LogP) is 4.44. The maximum Gasteiger partial charge on any atom is 0.0409 e. The molecule has 0 nitrogen and oxygen atoms in total. The largest absolute Gasteiger partial charge is 0.0843 e. The smallest absolute Gasteiger partial charge is 0.0409 e. The van der Waals surface area contributed by atoms with Crippen LogP contribution in [0.25, 0.3) is 0 Å². The van der Waals surface area contributed by atoms with Gasteiger partial charge in [0.1, 0.15) is 0 Å². The molecule has 2 heteroatoms. The SMILES string of the molecule is CC.Cc1cc(Cl)ccc1Br. The van der Waals surface area contributed by atoms with Gasteiger partial charge in [0.05, 0.1) is 0 Å². The van der Waals surface area contributed by atoms with E-state index in [0.717, 1.165) is 9.50 Å². The molecule has 0 N–H and O–H groups in total. The summed E-state index contributed by atoms with van der Waals surface area (Å²) in [7, 11) is 0. The average molecular weight is 236 g/mol. The van der Waals surface area contributed by atoms with Gasteiger partial charge in [-0.05, 0) is 30.7 Å². The Morgan fingerprint density at radius 1 is 1.27 bits per heavy atom. The minimum absolute atomic E-state index is 0.788. The van der Waals surface area contributed by atoms with Crippen LogP contribution in [0, 0.1) is 6.92 Å². The normalized spacial score (nSPS) is 8.45. The van der Waals surface area contributed by atoms with Crippen LogP contribution in [0.5, 0.6) is 0 Å². The van der Waals surface area contributed by atoms with Crippen LogP contribution in [0.1, 0.15) is 19.4 Å². The summed E-state index contributed by atoms with van der Waals surface area (Å²) in [5.74, 6) is 0. The monoisotopic (exact) mass is 234 g/mol. The zero-order valence-electron chi connectivity index (χ0n) is 6.99. The molecule has 0 amide bonds. The van der Waals surface area contributed by atoms with Crippen molar-refractivity contribution in [2.24, 2.45) is 0 Å². The highest BCUT2D eigenvalue weighted by molar-refractivity contribution is 9.10.